The van der Waals surface area contributed by atoms with Crippen molar-refractivity contribution in [2.45, 2.75) is 76.6 Å². The molecule has 7 heteroatoms. The molecule has 0 radical (unpaired) electrons. The van der Waals surface area contributed by atoms with E-state index in [-0.39, 0.29) is 18.2 Å². The monoisotopic (exact) mass is 488 g/mol. The van der Waals surface area contributed by atoms with Crippen molar-refractivity contribution in [3.63, 3.8) is 0 Å². The number of hydrogen-bond donors (Lipinski definition) is 0. The van der Waals surface area contributed by atoms with E-state index in [2.05, 4.69) is 17.0 Å². The Morgan fingerprint density at radius 3 is 2.42 bits per heavy atom. The highest BCUT2D eigenvalue weighted by atomic mass is 16.6. The average molecular weight is 489 g/mol. The predicted octanol–water partition coefficient (Wildman–Crippen LogP) is 4.54. The smallest absolute Gasteiger partial charge is 0.410 e. The van der Waals surface area contributed by atoms with Crippen LogP contribution in [-0.2, 0) is 29.1 Å². The average Bonchev–Trinajstić information content (AvgIpc) is 3.52. The molecule has 1 saturated carbocycles. The summed E-state index contributed by atoms with van der Waals surface area (Å²) in [5.41, 5.74) is 3.31. The molecule has 1 aromatic carbocycles. The van der Waals surface area contributed by atoms with Gasteiger partial charge in [0.25, 0.3) is 0 Å². The molecule has 4 aliphatic rings. The molecule has 3 aliphatic heterocycles. The third-order valence-electron chi connectivity index (χ3n) is 8.53. The van der Waals surface area contributed by atoms with E-state index in [1.807, 2.05) is 40.1 Å². The van der Waals surface area contributed by atoms with E-state index in [0.29, 0.717) is 44.5 Å². The van der Waals surface area contributed by atoms with Crippen LogP contribution in [0, 0.1) is 5.92 Å². The second-order valence-corrected chi connectivity index (χ2v) is 10.9. The molecule has 2 aromatic rings. The largest absolute Gasteiger partial charge is 0.445 e. The van der Waals surface area contributed by atoms with Gasteiger partial charge in [0.1, 0.15) is 12.4 Å². The van der Waals surface area contributed by atoms with Crippen molar-refractivity contribution >= 4 is 17.8 Å². The summed E-state index contributed by atoms with van der Waals surface area (Å²) < 4.78 is 5.60. The van der Waals surface area contributed by atoms with E-state index >= 15 is 0 Å². The Bertz CT molecular complexity index is 1090. The van der Waals surface area contributed by atoms with E-state index < -0.39 is 0 Å². The summed E-state index contributed by atoms with van der Waals surface area (Å²) in [6.07, 6.45) is 8.41. The van der Waals surface area contributed by atoms with Gasteiger partial charge in [-0.05, 0) is 48.8 Å². The molecule has 2 unspecified atom stereocenters. The first kappa shape index (κ1) is 23.3. The van der Waals surface area contributed by atoms with E-state index in [1.165, 1.54) is 31.2 Å². The lowest BCUT2D eigenvalue weighted by Crippen LogP contribution is -2.56. The number of ether oxygens (including phenoxy) is 1. The Kier molecular flexibility index (Phi) is 6.55. The molecular formula is C29H36N4O3. The van der Waals surface area contributed by atoms with Crippen molar-refractivity contribution in [1.29, 1.82) is 0 Å². The fourth-order valence-electron chi connectivity index (χ4n) is 6.59. The number of aromatic nitrogens is 1. The van der Waals surface area contributed by atoms with Gasteiger partial charge < -0.3 is 19.4 Å². The maximum absolute atomic E-state index is 12.8. The molecule has 1 aliphatic carbocycles. The topological polar surface area (TPSA) is 66.0 Å². The number of nitrogens with zero attached hydrogens (tertiary/aromatic N) is 4. The highest BCUT2D eigenvalue weighted by Gasteiger charge is 2.42. The lowest BCUT2D eigenvalue weighted by molar-refractivity contribution is -0.133. The van der Waals surface area contributed by atoms with Gasteiger partial charge in [0, 0.05) is 56.8 Å². The van der Waals surface area contributed by atoms with Gasteiger partial charge in [-0.15, -0.1) is 0 Å². The highest BCUT2D eigenvalue weighted by Crippen LogP contribution is 2.35. The van der Waals surface area contributed by atoms with Gasteiger partial charge in [-0.25, -0.2) is 9.78 Å². The molecule has 3 fully saturated rings. The first-order valence-electron chi connectivity index (χ1n) is 13.6. The summed E-state index contributed by atoms with van der Waals surface area (Å²) >= 11 is 0. The number of anilines is 1. The van der Waals surface area contributed by atoms with Crippen LogP contribution in [0.3, 0.4) is 0 Å². The second kappa shape index (κ2) is 10.1. The minimum Gasteiger partial charge on any atom is -0.445 e. The van der Waals surface area contributed by atoms with Gasteiger partial charge in [-0.1, -0.05) is 49.2 Å². The normalized spacial score (nSPS) is 23.6. The number of hydrogen-bond acceptors (Lipinski definition) is 5. The van der Waals surface area contributed by atoms with E-state index in [1.54, 1.807) is 0 Å². The summed E-state index contributed by atoms with van der Waals surface area (Å²) in [7, 11) is 0. The Hall–Kier alpha value is -3.09. The Morgan fingerprint density at radius 2 is 1.67 bits per heavy atom. The Labute approximate surface area is 213 Å². The Morgan fingerprint density at radius 1 is 0.917 bits per heavy atom. The molecule has 7 nitrogen and oxygen atoms in total. The molecule has 190 valence electrons. The number of benzene rings is 1. The lowest BCUT2D eigenvalue weighted by Gasteiger charge is -2.41. The molecule has 6 rings (SSSR count). The fourth-order valence-corrected chi connectivity index (χ4v) is 6.59. The van der Waals surface area contributed by atoms with Gasteiger partial charge in [0.2, 0.25) is 5.91 Å². The van der Waals surface area contributed by atoms with Crippen molar-refractivity contribution in [2.24, 2.45) is 5.92 Å². The van der Waals surface area contributed by atoms with Crippen LogP contribution in [-0.4, -0.2) is 58.5 Å². The maximum Gasteiger partial charge on any atom is 0.410 e. The minimum atomic E-state index is -0.226. The van der Waals surface area contributed by atoms with Gasteiger partial charge in [0.05, 0.1) is 0 Å². The SMILES string of the molecule is O=C(CC1CCCC1)N1CCc2nc(N3C4CCC3CN(C(=O)OCc3ccccc3)C4)ccc2C1. The molecule has 0 spiro atoms. The van der Waals surface area contributed by atoms with Crippen LogP contribution in [0.4, 0.5) is 10.6 Å². The van der Waals surface area contributed by atoms with Crippen LogP contribution in [0.2, 0.25) is 0 Å². The van der Waals surface area contributed by atoms with Gasteiger partial charge in [-0.2, -0.15) is 0 Å². The van der Waals surface area contributed by atoms with Crippen LogP contribution in [0.15, 0.2) is 42.5 Å². The van der Waals surface area contributed by atoms with E-state index in [0.717, 1.165) is 42.9 Å². The first-order chi connectivity index (χ1) is 17.6. The molecule has 2 saturated heterocycles. The van der Waals surface area contributed by atoms with Gasteiger partial charge in [0.15, 0.2) is 0 Å². The van der Waals surface area contributed by atoms with Crippen molar-refractivity contribution in [2.75, 3.05) is 24.5 Å². The molecular weight excluding hydrogens is 452 g/mol. The van der Waals surface area contributed by atoms with Crippen molar-refractivity contribution in [1.82, 2.24) is 14.8 Å². The van der Waals surface area contributed by atoms with Crippen molar-refractivity contribution < 1.29 is 14.3 Å². The number of piperazine rings is 1. The zero-order valence-electron chi connectivity index (χ0n) is 21.0. The lowest BCUT2D eigenvalue weighted by atomic mass is 10.0. The summed E-state index contributed by atoms with van der Waals surface area (Å²) in [6, 6.07) is 14.7. The molecule has 2 amide bonds. The number of pyridine rings is 1. The number of rotatable bonds is 5. The first-order valence-corrected chi connectivity index (χ1v) is 13.6. The third kappa shape index (κ3) is 4.80. The summed E-state index contributed by atoms with van der Waals surface area (Å²) in [5, 5.41) is 0. The molecule has 4 heterocycles. The molecule has 1 aromatic heterocycles. The van der Waals surface area contributed by atoms with E-state index in [9.17, 15) is 9.59 Å². The van der Waals surface area contributed by atoms with Crippen LogP contribution < -0.4 is 4.90 Å². The maximum atomic E-state index is 12.8. The van der Waals surface area contributed by atoms with Crippen LogP contribution >= 0.6 is 0 Å². The van der Waals surface area contributed by atoms with Gasteiger partial charge >= 0.3 is 6.09 Å². The number of amides is 2. The minimum absolute atomic E-state index is 0.226. The second-order valence-electron chi connectivity index (χ2n) is 10.9. The number of fused-ring (bicyclic) bond motifs is 3. The quantitative estimate of drug-likeness (QED) is 0.618. The van der Waals surface area contributed by atoms with E-state index in [4.69, 9.17) is 9.72 Å². The zero-order valence-corrected chi connectivity index (χ0v) is 21.0. The van der Waals surface area contributed by atoms with Crippen molar-refractivity contribution in [3.05, 3.63) is 59.3 Å². The molecule has 2 bridgehead atoms. The van der Waals surface area contributed by atoms with Crippen LogP contribution in [0.25, 0.3) is 0 Å². The molecule has 0 N–H and O–H groups in total. The summed E-state index contributed by atoms with van der Waals surface area (Å²) in [5.74, 6) is 1.92. The van der Waals surface area contributed by atoms with Gasteiger partial charge in [-0.3, -0.25) is 4.79 Å². The Balaban J connectivity index is 1.07. The van der Waals surface area contributed by atoms with Crippen LogP contribution in [0.1, 0.15) is 61.8 Å². The summed E-state index contributed by atoms with van der Waals surface area (Å²) in [6.45, 7) is 3.10. The fraction of sp³-hybridized carbons (Fsp3) is 0.552. The predicted molar refractivity (Wildman–Crippen MR) is 137 cm³/mol. The number of carbonyl (C=O) groups is 2. The zero-order chi connectivity index (χ0) is 24.5. The summed E-state index contributed by atoms with van der Waals surface area (Å²) in [4.78, 5) is 37.0. The number of carbonyl (C=O) groups excluding carboxylic acids is 2. The number of likely N-dealkylation sites (tertiary alicyclic amines) is 1. The highest BCUT2D eigenvalue weighted by molar-refractivity contribution is 5.77. The standard InChI is InChI=1S/C29H36N4O3/c34-28(16-21-6-4-5-7-21)31-15-14-26-23(17-31)10-13-27(30-26)33-24-11-12-25(33)19-32(18-24)29(35)36-20-22-8-2-1-3-9-22/h1-3,8-10,13,21,24-25H,4-7,11-12,14-20H2. The molecule has 2 atom stereocenters. The third-order valence-corrected chi connectivity index (χ3v) is 8.53. The van der Waals surface area contributed by atoms with Crippen molar-refractivity contribution in [3.8, 4) is 0 Å². The molecule has 36 heavy (non-hydrogen) atoms. The van der Waals surface area contributed by atoms with Crippen LogP contribution in [0.5, 0.6) is 0 Å².